The first-order valence-electron chi connectivity index (χ1n) is 14.3. The van der Waals surface area contributed by atoms with Gasteiger partial charge in [0, 0.05) is 54.5 Å². The third kappa shape index (κ3) is 6.90. The van der Waals surface area contributed by atoms with Gasteiger partial charge in [-0.25, -0.2) is 4.98 Å². The molecule has 1 fully saturated rings. The van der Waals surface area contributed by atoms with Crippen molar-refractivity contribution < 1.29 is 4.79 Å². The van der Waals surface area contributed by atoms with Crippen LogP contribution in [0.25, 0.3) is 5.69 Å². The van der Waals surface area contributed by atoms with E-state index in [0.717, 1.165) is 41.6 Å². The molecular weight excluding hydrogens is 542 g/mol. The van der Waals surface area contributed by atoms with Gasteiger partial charge in [0.05, 0.1) is 23.5 Å². The Morgan fingerprint density at radius 1 is 1.12 bits per heavy atom. The smallest absolute Gasteiger partial charge is 0.264 e. The number of para-hydroxylation sites is 1. The summed E-state index contributed by atoms with van der Waals surface area (Å²) in [6, 6.07) is 17.7. The van der Waals surface area contributed by atoms with Crippen molar-refractivity contribution in [2.45, 2.75) is 68.9 Å². The summed E-state index contributed by atoms with van der Waals surface area (Å²) in [6.45, 7) is 6.58. The number of hydrogen-bond acceptors (Lipinski definition) is 6. The van der Waals surface area contributed by atoms with Gasteiger partial charge in [-0.05, 0) is 55.2 Å². The fourth-order valence-electron chi connectivity index (χ4n) is 5.01. The predicted molar refractivity (Wildman–Crippen MR) is 164 cm³/mol. The van der Waals surface area contributed by atoms with Crippen molar-refractivity contribution in [3.05, 3.63) is 81.2 Å². The van der Waals surface area contributed by atoms with E-state index in [2.05, 4.69) is 24.5 Å². The molecule has 0 saturated heterocycles. The van der Waals surface area contributed by atoms with E-state index >= 15 is 0 Å². The van der Waals surface area contributed by atoms with Crippen molar-refractivity contribution >= 4 is 35.0 Å². The second-order valence-corrected chi connectivity index (χ2v) is 12.7. The highest BCUT2D eigenvalue weighted by Crippen LogP contribution is 2.36. The minimum absolute atomic E-state index is 0.0540. The molecule has 3 aromatic rings. The van der Waals surface area contributed by atoms with Gasteiger partial charge in [0.15, 0.2) is 5.16 Å². The van der Waals surface area contributed by atoms with Gasteiger partial charge in [0.1, 0.15) is 0 Å². The average molecular weight is 580 g/mol. The molecule has 2 aliphatic rings. The number of benzene rings is 2. The van der Waals surface area contributed by atoms with Crippen molar-refractivity contribution in [2.75, 3.05) is 25.0 Å². The maximum absolute atomic E-state index is 13.8. The summed E-state index contributed by atoms with van der Waals surface area (Å²) in [4.78, 5) is 33.8. The molecule has 1 aliphatic heterocycles. The number of carbonyl (C=O) groups excluding carboxylic acids is 1. The third-order valence-electron chi connectivity index (χ3n) is 7.77. The van der Waals surface area contributed by atoms with Crippen LogP contribution in [0.2, 0.25) is 5.02 Å². The molecule has 0 unspecified atom stereocenters. The maximum atomic E-state index is 13.8. The normalized spacial score (nSPS) is 15.9. The molecule has 212 valence electrons. The Balaban J connectivity index is 1.21. The number of carbonyl (C=O) groups is 1. The number of hydrogen-bond donors (Lipinski definition) is 2. The lowest BCUT2D eigenvalue weighted by Crippen LogP contribution is -2.43. The summed E-state index contributed by atoms with van der Waals surface area (Å²) >= 11 is 7.73. The van der Waals surface area contributed by atoms with Crippen LogP contribution in [0.4, 0.5) is 5.69 Å². The molecule has 0 bridgehead atoms. The van der Waals surface area contributed by atoms with Gasteiger partial charge in [-0.15, -0.1) is 0 Å². The zero-order valence-electron chi connectivity index (χ0n) is 23.2. The Morgan fingerprint density at radius 3 is 2.55 bits per heavy atom. The predicted octanol–water partition coefficient (Wildman–Crippen LogP) is 5.53. The number of rotatable bonds is 11. The van der Waals surface area contributed by atoms with Gasteiger partial charge in [-0.1, -0.05) is 61.8 Å². The van der Waals surface area contributed by atoms with Crippen LogP contribution in [-0.4, -0.2) is 51.3 Å². The van der Waals surface area contributed by atoms with Crippen molar-refractivity contribution in [3.63, 3.8) is 0 Å². The van der Waals surface area contributed by atoms with E-state index in [4.69, 9.17) is 16.6 Å². The molecule has 1 aromatic heterocycles. The van der Waals surface area contributed by atoms with Crippen molar-refractivity contribution in [1.82, 2.24) is 19.8 Å². The molecule has 0 radical (unpaired) electrons. The van der Waals surface area contributed by atoms with Gasteiger partial charge in [0.25, 0.3) is 5.56 Å². The molecule has 1 aliphatic carbocycles. The summed E-state index contributed by atoms with van der Waals surface area (Å²) in [5.41, 5.74) is 3.28. The highest BCUT2D eigenvalue weighted by atomic mass is 35.5. The lowest BCUT2D eigenvalue weighted by molar-refractivity contribution is -0.132. The zero-order chi connectivity index (χ0) is 28.1. The summed E-state index contributed by atoms with van der Waals surface area (Å²) in [5.74, 6) is 0.465. The minimum atomic E-state index is -0.0540. The first-order chi connectivity index (χ1) is 19.4. The van der Waals surface area contributed by atoms with Crippen molar-refractivity contribution in [1.29, 1.82) is 0 Å². The molecule has 5 rings (SSSR count). The SMILES string of the molecule is CC(C)[C@H](CNCCC(=O)N1CCc2nc(SC3CCC3)n(-c3ccccc3)c(=O)c2C1)Nc1ccc(Cl)cc1. The number of halogens is 1. The molecule has 2 heterocycles. The van der Waals surface area contributed by atoms with Crippen molar-refractivity contribution in [2.24, 2.45) is 5.92 Å². The fraction of sp³-hybridized carbons (Fsp3) is 0.452. The van der Waals surface area contributed by atoms with E-state index in [9.17, 15) is 9.59 Å². The number of thioether (sulfide) groups is 1. The molecule has 0 spiro atoms. The Bertz CT molecular complexity index is 1360. The molecule has 1 saturated carbocycles. The molecular formula is C31H38ClN5O2S. The quantitative estimate of drug-likeness (QED) is 0.230. The van der Waals surface area contributed by atoms with E-state index in [1.807, 2.05) is 59.5 Å². The molecule has 1 atom stereocenters. The Labute approximate surface area is 245 Å². The van der Waals surface area contributed by atoms with E-state index in [-0.39, 0.29) is 17.5 Å². The highest BCUT2D eigenvalue weighted by Gasteiger charge is 2.28. The fourth-order valence-corrected chi connectivity index (χ4v) is 6.46. The molecule has 7 nitrogen and oxygen atoms in total. The van der Waals surface area contributed by atoms with Gasteiger partial charge in [0.2, 0.25) is 5.91 Å². The van der Waals surface area contributed by atoms with Crippen LogP contribution >= 0.6 is 23.4 Å². The third-order valence-corrected chi connectivity index (χ3v) is 9.31. The topological polar surface area (TPSA) is 79.3 Å². The number of anilines is 1. The second-order valence-electron chi connectivity index (χ2n) is 11.0. The second kappa shape index (κ2) is 13.2. The van der Waals surface area contributed by atoms with E-state index < -0.39 is 0 Å². The van der Waals surface area contributed by atoms with Gasteiger partial charge < -0.3 is 15.5 Å². The largest absolute Gasteiger partial charge is 0.381 e. The summed E-state index contributed by atoms with van der Waals surface area (Å²) in [5, 5.41) is 9.01. The standard InChI is InChI=1S/C31H38ClN5O2S/c1-21(2)28(34-23-13-11-22(32)12-14-23)19-33-17-15-29(38)36-18-16-27-26(20-36)30(39)37(24-7-4-3-5-8-24)31(35-27)40-25-9-6-10-25/h3-5,7-8,11-14,21,25,28,33-34H,6,9-10,15-20H2,1-2H3/t28-/m0/s1. The first-order valence-corrected chi connectivity index (χ1v) is 15.5. The van der Waals surface area contributed by atoms with Crippen LogP contribution in [0.3, 0.4) is 0 Å². The summed E-state index contributed by atoms with van der Waals surface area (Å²) in [7, 11) is 0. The number of amides is 1. The Morgan fingerprint density at radius 2 is 1.88 bits per heavy atom. The van der Waals surface area contributed by atoms with Crippen LogP contribution in [0.5, 0.6) is 0 Å². The lowest BCUT2D eigenvalue weighted by atomic mass is 10.0. The maximum Gasteiger partial charge on any atom is 0.264 e. The highest BCUT2D eigenvalue weighted by molar-refractivity contribution is 7.99. The minimum Gasteiger partial charge on any atom is -0.381 e. The van der Waals surface area contributed by atoms with E-state index in [1.54, 1.807) is 16.3 Å². The monoisotopic (exact) mass is 579 g/mol. The number of nitrogens with one attached hydrogen (secondary N) is 2. The Kier molecular flexibility index (Phi) is 9.50. The number of nitrogens with zero attached hydrogens (tertiary/aromatic N) is 3. The Hall–Kier alpha value is -2.81. The van der Waals surface area contributed by atoms with E-state index in [1.165, 1.54) is 6.42 Å². The number of aromatic nitrogens is 2. The molecule has 2 N–H and O–H groups in total. The average Bonchev–Trinajstić information content (AvgIpc) is 2.93. The van der Waals surface area contributed by atoms with Crippen LogP contribution in [0, 0.1) is 5.92 Å². The number of fused-ring (bicyclic) bond motifs is 1. The molecule has 1 amide bonds. The summed E-state index contributed by atoms with van der Waals surface area (Å²) < 4.78 is 1.75. The van der Waals surface area contributed by atoms with Gasteiger partial charge in [-0.2, -0.15) is 0 Å². The molecule has 9 heteroatoms. The van der Waals surface area contributed by atoms with Crippen LogP contribution < -0.4 is 16.2 Å². The van der Waals surface area contributed by atoms with Crippen LogP contribution in [0.1, 0.15) is 50.8 Å². The van der Waals surface area contributed by atoms with Crippen LogP contribution in [0.15, 0.2) is 64.5 Å². The summed E-state index contributed by atoms with van der Waals surface area (Å²) in [6.07, 6.45) is 4.56. The first kappa shape index (κ1) is 28.7. The van der Waals surface area contributed by atoms with Gasteiger partial charge in [-0.3, -0.25) is 14.2 Å². The zero-order valence-corrected chi connectivity index (χ0v) is 24.8. The molecule has 40 heavy (non-hydrogen) atoms. The van der Waals surface area contributed by atoms with Gasteiger partial charge >= 0.3 is 0 Å². The van der Waals surface area contributed by atoms with Crippen molar-refractivity contribution in [3.8, 4) is 5.69 Å². The van der Waals surface area contributed by atoms with E-state index in [0.29, 0.717) is 54.2 Å². The van der Waals surface area contributed by atoms with Crippen LogP contribution in [-0.2, 0) is 17.8 Å². The molecule has 2 aromatic carbocycles. The lowest BCUT2D eigenvalue weighted by Gasteiger charge is -2.30.